The first kappa shape index (κ1) is 11.1. The maximum atomic E-state index is 13.1. The summed E-state index contributed by atoms with van der Waals surface area (Å²) in [5, 5.41) is 0.202. The number of hydrogen-bond acceptors (Lipinski definition) is 6. The van der Waals surface area contributed by atoms with Gasteiger partial charge in [-0.05, 0) is 0 Å². The highest BCUT2D eigenvalue weighted by atomic mass is 32.3. The fourth-order valence-corrected chi connectivity index (χ4v) is 1.44. The minimum atomic E-state index is -4.35. The van der Waals surface area contributed by atoms with Gasteiger partial charge in [0.25, 0.3) is 0 Å². The summed E-state index contributed by atoms with van der Waals surface area (Å²) in [7, 11) is -4.35. The number of benzene rings is 1. The molecule has 10 heteroatoms. The number of anilines is 1. The van der Waals surface area contributed by atoms with Crippen LogP contribution in [0.3, 0.4) is 0 Å². The molecule has 0 amide bonds. The molecule has 6 nitrogen and oxygen atoms in total. The number of nitrogens with one attached hydrogen (secondary N) is 1. The standard InChI is InChI=1S/C6H3F3N2O4S/c7-3-1-5(9)6(2-4(3)8)11-10-14-16(12,13)15-11/h1-2,10H. The van der Waals surface area contributed by atoms with Gasteiger partial charge in [0.1, 0.15) is 5.69 Å². The van der Waals surface area contributed by atoms with Crippen molar-refractivity contribution in [2.24, 2.45) is 0 Å². The van der Waals surface area contributed by atoms with Crippen LogP contribution in [0.2, 0.25) is 0 Å². The molecule has 1 aromatic rings. The topological polar surface area (TPSA) is 67.9 Å². The van der Waals surface area contributed by atoms with Gasteiger partial charge in [-0.3, -0.25) is 0 Å². The van der Waals surface area contributed by atoms with Gasteiger partial charge in [0.2, 0.25) is 0 Å². The molecule has 0 aromatic heterocycles. The van der Waals surface area contributed by atoms with Gasteiger partial charge in [-0.1, -0.05) is 5.59 Å². The monoisotopic (exact) mass is 256 g/mol. The average molecular weight is 256 g/mol. The normalized spacial score (nSPS) is 19.1. The Morgan fingerprint density at radius 1 is 1.12 bits per heavy atom. The molecular weight excluding hydrogens is 253 g/mol. The van der Waals surface area contributed by atoms with E-state index < -0.39 is 33.5 Å². The smallest absolute Gasteiger partial charge is 0.204 e. The lowest BCUT2D eigenvalue weighted by atomic mass is 10.3. The Hall–Kier alpha value is -1.36. The Labute approximate surface area is 87.4 Å². The van der Waals surface area contributed by atoms with Crippen molar-refractivity contribution >= 4 is 16.1 Å². The third-order valence-corrected chi connectivity index (χ3v) is 2.21. The van der Waals surface area contributed by atoms with E-state index in [2.05, 4.69) is 8.57 Å². The first-order valence-corrected chi connectivity index (χ1v) is 5.06. The Bertz CT molecular complexity index is 535. The van der Waals surface area contributed by atoms with Crippen LogP contribution in [-0.2, 0) is 19.0 Å². The fourth-order valence-electron chi connectivity index (χ4n) is 0.958. The molecule has 1 saturated heterocycles. The lowest BCUT2D eigenvalue weighted by Gasteiger charge is -2.11. The van der Waals surface area contributed by atoms with E-state index in [9.17, 15) is 21.6 Å². The van der Waals surface area contributed by atoms with Gasteiger partial charge in [-0.15, -0.1) is 13.7 Å². The van der Waals surface area contributed by atoms with Crippen LogP contribution in [0.15, 0.2) is 12.1 Å². The van der Waals surface area contributed by atoms with Gasteiger partial charge in [0.15, 0.2) is 17.5 Å². The Balaban J connectivity index is 2.39. The van der Waals surface area contributed by atoms with Gasteiger partial charge in [0, 0.05) is 12.1 Å². The second kappa shape index (κ2) is 3.59. The second-order valence-corrected chi connectivity index (χ2v) is 3.80. The lowest BCUT2D eigenvalue weighted by molar-refractivity contribution is 0.195. The number of halogens is 3. The van der Waals surface area contributed by atoms with Crippen molar-refractivity contribution < 1.29 is 30.2 Å². The molecule has 1 heterocycles. The molecule has 0 atom stereocenters. The molecule has 16 heavy (non-hydrogen) atoms. The summed E-state index contributed by atoms with van der Waals surface area (Å²) in [6, 6.07) is 0.641. The Morgan fingerprint density at radius 3 is 2.31 bits per heavy atom. The molecule has 2 rings (SSSR count). The summed E-state index contributed by atoms with van der Waals surface area (Å²) in [5.74, 6) is -4.01. The zero-order chi connectivity index (χ0) is 11.9. The van der Waals surface area contributed by atoms with E-state index in [4.69, 9.17) is 0 Å². The summed E-state index contributed by atoms with van der Waals surface area (Å²) in [6.07, 6.45) is 0. The summed E-state index contributed by atoms with van der Waals surface area (Å²) in [6.45, 7) is 0. The first-order chi connectivity index (χ1) is 7.39. The first-order valence-electron chi connectivity index (χ1n) is 3.72. The van der Waals surface area contributed by atoms with Crippen molar-refractivity contribution in [1.29, 1.82) is 0 Å². The van der Waals surface area contributed by atoms with Crippen LogP contribution in [0.5, 0.6) is 0 Å². The highest BCUT2D eigenvalue weighted by Gasteiger charge is 2.31. The van der Waals surface area contributed by atoms with E-state index >= 15 is 0 Å². The molecule has 0 saturated carbocycles. The molecule has 0 spiro atoms. The van der Waals surface area contributed by atoms with Crippen LogP contribution in [0.25, 0.3) is 0 Å². The van der Waals surface area contributed by atoms with Crippen molar-refractivity contribution in [2.45, 2.75) is 0 Å². The lowest BCUT2D eigenvalue weighted by Crippen LogP contribution is -2.29. The van der Waals surface area contributed by atoms with Crippen LogP contribution < -0.4 is 10.8 Å². The van der Waals surface area contributed by atoms with Gasteiger partial charge >= 0.3 is 10.4 Å². The quantitative estimate of drug-likeness (QED) is 0.739. The van der Waals surface area contributed by atoms with Gasteiger partial charge in [-0.25, -0.2) is 13.2 Å². The highest BCUT2D eigenvalue weighted by molar-refractivity contribution is 7.82. The number of nitrogens with zero attached hydrogens (tertiary/aromatic N) is 1. The van der Waals surface area contributed by atoms with Crippen LogP contribution in [0, 0.1) is 17.5 Å². The molecule has 1 aliphatic rings. The van der Waals surface area contributed by atoms with Crippen molar-refractivity contribution in [1.82, 2.24) is 5.59 Å². The SMILES string of the molecule is O=S1(=O)ONN(c2cc(F)c(F)cc2F)O1. The molecule has 0 aliphatic carbocycles. The highest BCUT2D eigenvalue weighted by Crippen LogP contribution is 2.24. The average Bonchev–Trinajstić information content (AvgIpc) is 2.52. The molecule has 1 fully saturated rings. The number of rotatable bonds is 1. The summed E-state index contributed by atoms with van der Waals surface area (Å²) < 4.78 is 67.6. The van der Waals surface area contributed by atoms with Crippen molar-refractivity contribution in [2.75, 3.05) is 5.17 Å². The van der Waals surface area contributed by atoms with Crippen molar-refractivity contribution in [3.8, 4) is 0 Å². The molecule has 88 valence electrons. The summed E-state index contributed by atoms with van der Waals surface area (Å²) in [5.41, 5.74) is 0.964. The van der Waals surface area contributed by atoms with E-state index in [1.165, 1.54) is 0 Å². The predicted octanol–water partition coefficient (Wildman–Crippen LogP) is 0.536. The minimum absolute atomic E-state index is 0.202. The zero-order valence-corrected chi connectivity index (χ0v) is 8.09. The minimum Gasteiger partial charge on any atom is -0.204 e. The predicted molar refractivity (Wildman–Crippen MR) is 43.0 cm³/mol. The van der Waals surface area contributed by atoms with Crippen LogP contribution in [0.4, 0.5) is 18.9 Å². The van der Waals surface area contributed by atoms with Crippen LogP contribution in [0.1, 0.15) is 0 Å². The van der Waals surface area contributed by atoms with Gasteiger partial charge < -0.3 is 0 Å². The molecular formula is C6H3F3N2O4S. The second-order valence-electron chi connectivity index (χ2n) is 2.67. The molecule has 0 unspecified atom stereocenters. The summed E-state index contributed by atoms with van der Waals surface area (Å²) in [4.78, 5) is 0. The van der Waals surface area contributed by atoms with E-state index in [0.717, 1.165) is 0 Å². The van der Waals surface area contributed by atoms with Crippen LogP contribution >= 0.6 is 0 Å². The van der Waals surface area contributed by atoms with E-state index in [-0.39, 0.29) is 11.2 Å². The van der Waals surface area contributed by atoms with Crippen molar-refractivity contribution in [3.63, 3.8) is 0 Å². The third-order valence-electron chi connectivity index (χ3n) is 1.60. The maximum Gasteiger partial charge on any atom is 0.440 e. The Morgan fingerprint density at radius 2 is 1.75 bits per heavy atom. The molecule has 0 bridgehead atoms. The zero-order valence-electron chi connectivity index (χ0n) is 7.28. The van der Waals surface area contributed by atoms with Gasteiger partial charge in [0.05, 0.1) is 0 Å². The molecule has 1 aromatic carbocycles. The third kappa shape index (κ3) is 1.95. The van der Waals surface area contributed by atoms with Crippen molar-refractivity contribution in [3.05, 3.63) is 29.6 Å². The van der Waals surface area contributed by atoms with E-state index in [1.807, 2.05) is 0 Å². The molecule has 1 aliphatic heterocycles. The number of hydrogen-bond donors (Lipinski definition) is 1. The van der Waals surface area contributed by atoms with Gasteiger partial charge in [-0.2, -0.15) is 8.42 Å². The van der Waals surface area contributed by atoms with Crippen LogP contribution in [-0.4, -0.2) is 8.42 Å². The molecule has 0 radical (unpaired) electrons. The van der Waals surface area contributed by atoms with E-state index in [1.54, 1.807) is 5.59 Å². The number of hydrazine groups is 1. The van der Waals surface area contributed by atoms with E-state index in [0.29, 0.717) is 6.07 Å². The largest absolute Gasteiger partial charge is 0.440 e. The maximum absolute atomic E-state index is 13.1. The Kier molecular flexibility index (Phi) is 2.50. The fraction of sp³-hybridized carbons (Fsp3) is 0. The summed E-state index contributed by atoms with van der Waals surface area (Å²) >= 11 is 0. The molecule has 1 N–H and O–H groups in total.